The molecule has 2 aromatic rings. The van der Waals surface area contributed by atoms with Crippen LogP contribution in [0.5, 0.6) is 11.5 Å². The lowest BCUT2D eigenvalue weighted by Crippen LogP contribution is -1.96. The van der Waals surface area contributed by atoms with Crippen LogP contribution < -0.4 is 0 Å². The lowest BCUT2D eigenvalue weighted by Gasteiger charge is -2.04. The van der Waals surface area contributed by atoms with E-state index in [2.05, 4.69) is 0 Å². The average Bonchev–Trinajstić information content (AvgIpc) is 2.52. The molecular formula is C18H18O4. The van der Waals surface area contributed by atoms with Crippen LogP contribution in [0.15, 0.2) is 48.5 Å². The number of hydrogen-bond acceptors (Lipinski definition) is 4. The number of aliphatic hydroxyl groups is 1. The van der Waals surface area contributed by atoms with Crippen LogP contribution in [0.3, 0.4) is 0 Å². The molecule has 4 heteroatoms. The molecule has 22 heavy (non-hydrogen) atoms. The molecule has 2 rings (SSSR count). The van der Waals surface area contributed by atoms with E-state index in [4.69, 9.17) is 5.11 Å². The Bertz CT molecular complexity index is 672. The second-order valence-corrected chi connectivity index (χ2v) is 5.01. The molecule has 0 saturated heterocycles. The van der Waals surface area contributed by atoms with Gasteiger partial charge in [-0.1, -0.05) is 30.3 Å². The van der Waals surface area contributed by atoms with Gasteiger partial charge in [0.25, 0.3) is 0 Å². The summed E-state index contributed by atoms with van der Waals surface area (Å²) < 4.78 is 0. The van der Waals surface area contributed by atoms with E-state index in [1.54, 1.807) is 48.5 Å². The first kappa shape index (κ1) is 15.8. The Morgan fingerprint density at radius 2 is 1.77 bits per heavy atom. The van der Waals surface area contributed by atoms with E-state index in [9.17, 15) is 15.0 Å². The second-order valence-electron chi connectivity index (χ2n) is 5.01. The van der Waals surface area contributed by atoms with E-state index in [-0.39, 0.29) is 23.9 Å². The number of aryl methyl sites for hydroxylation is 1. The van der Waals surface area contributed by atoms with Gasteiger partial charge in [0.1, 0.15) is 11.5 Å². The summed E-state index contributed by atoms with van der Waals surface area (Å²) in [7, 11) is 0. The van der Waals surface area contributed by atoms with Crippen molar-refractivity contribution in [2.24, 2.45) is 0 Å². The van der Waals surface area contributed by atoms with Gasteiger partial charge in [-0.2, -0.15) is 0 Å². The highest BCUT2D eigenvalue weighted by molar-refractivity contribution is 5.93. The minimum atomic E-state index is -0.208. The van der Waals surface area contributed by atoms with E-state index < -0.39 is 0 Å². The van der Waals surface area contributed by atoms with Crippen LogP contribution in [0.4, 0.5) is 0 Å². The van der Waals surface area contributed by atoms with Crippen LogP contribution in [0.2, 0.25) is 0 Å². The van der Waals surface area contributed by atoms with Gasteiger partial charge in [-0.15, -0.1) is 0 Å². The van der Waals surface area contributed by atoms with E-state index in [0.29, 0.717) is 18.4 Å². The Balaban J connectivity index is 1.90. The van der Waals surface area contributed by atoms with Crippen molar-refractivity contribution in [3.05, 3.63) is 65.2 Å². The Hall–Kier alpha value is -2.59. The SMILES string of the molecule is O=C(/C=C/c1ccc(O)cc1)CCc1ccc(CO)c(O)c1. The fourth-order valence-corrected chi connectivity index (χ4v) is 2.02. The van der Waals surface area contributed by atoms with Gasteiger partial charge in [-0.05, 0) is 41.8 Å². The molecule has 2 aromatic carbocycles. The first-order valence-electron chi connectivity index (χ1n) is 7.00. The smallest absolute Gasteiger partial charge is 0.156 e. The topological polar surface area (TPSA) is 77.8 Å². The van der Waals surface area contributed by atoms with Gasteiger partial charge in [0.05, 0.1) is 6.61 Å². The van der Waals surface area contributed by atoms with E-state index in [0.717, 1.165) is 11.1 Å². The molecule has 0 unspecified atom stereocenters. The number of aromatic hydroxyl groups is 2. The zero-order chi connectivity index (χ0) is 15.9. The number of rotatable bonds is 6. The minimum Gasteiger partial charge on any atom is -0.508 e. The Kier molecular flexibility index (Phi) is 5.33. The maximum atomic E-state index is 11.8. The number of ketones is 1. The van der Waals surface area contributed by atoms with Gasteiger partial charge < -0.3 is 15.3 Å². The third-order valence-electron chi connectivity index (χ3n) is 3.33. The van der Waals surface area contributed by atoms with Crippen molar-refractivity contribution in [1.29, 1.82) is 0 Å². The molecule has 114 valence electrons. The van der Waals surface area contributed by atoms with Gasteiger partial charge in [0, 0.05) is 12.0 Å². The maximum Gasteiger partial charge on any atom is 0.156 e. The highest BCUT2D eigenvalue weighted by atomic mass is 16.3. The fraction of sp³-hybridized carbons (Fsp3) is 0.167. The van der Waals surface area contributed by atoms with Crippen molar-refractivity contribution in [3.63, 3.8) is 0 Å². The molecule has 0 amide bonds. The Morgan fingerprint density at radius 3 is 2.41 bits per heavy atom. The summed E-state index contributed by atoms with van der Waals surface area (Å²) in [6.07, 6.45) is 4.08. The summed E-state index contributed by atoms with van der Waals surface area (Å²) in [5.74, 6) is 0.223. The first-order chi connectivity index (χ1) is 10.6. The van der Waals surface area contributed by atoms with Gasteiger partial charge in [-0.25, -0.2) is 0 Å². The van der Waals surface area contributed by atoms with Crippen LogP contribution >= 0.6 is 0 Å². The lowest BCUT2D eigenvalue weighted by atomic mass is 10.0. The second kappa shape index (κ2) is 7.43. The highest BCUT2D eigenvalue weighted by Gasteiger charge is 2.03. The molecule has 4 nitrogen and oxygen atoms in total. The molecule has 0 heterocycles. The van der Waals surface area contributed by atoms with Crippen molar-refractivity contribution in [2.75, 3.05) is 0 Å². The Morgan fingerprint density at radius 1 is 1.05 bits per heavy atom. The van der Waals surface area contributed by atoms with Crippen LogP contribution in [0, 0.1) is 0 Å². The maximum absolute atomic E-state index is 11.8. The number of phenols is 2. The van der Waals surface area contributed by atoms with Crippen LogP contribution in [-0.2, 0) is 17.8 Å². The quantitative estimate of drug-likeness (QED) is 0.717. The zero-order valence-corrected chi connectivity index (χ0v) is 12.1. The zero-order valence-electron chi connectivity index (χ0n) is 12.1. The number of hydrogen-bond donors (Lipinski definition) is 3. The van der Waals surface area contributed by atoms with Gasteiger partial charge in [-0.3, -0.25) is 4.79 Å². The molecule has 0 aliphatic rings. The largest absolute Gasteiger partial charge is 0.508 e. The summed E-state index contributed by atoms with van der Waals surface area (Å²) in [6.45, 7) is -0.208. The first-order valence-corrected chi connectivity index (χ1v) is 7.00. The molecule has 3 N–H and O–H groups in total. The molecule has 0 spiro atoms. The third kappa shape index (κ3) is 4.46. The summed E-state index contributed by atoms with van der Waals surface area (Å²) in [5, 5.41) is 27.8. The minimum absolute atomic E-state index is 0.0150. The summed E-state index contributed by atoms with van der Waals surface area (Å²) >= 11 is 0. The predicted molar refractivity (Wildman–Crippen MR) is 84.5 cm³/mol. The predicted octanol–water partition coefficient (Wildman–Crippen LogP) is 2.81. The monoisotopic (exact) mass is 298 g/mol. The number of carbonyl (C=O) groups excluding carboxylic acids is 1. The molecule has 0 bridgehead atoms. The number of carbonyl (C=O) groups is 1. The van der Waals surface area contributed by atoms with Crippen molar-refractivity contribution in [2.45, 2.75) is 19.4 Å². The normalized spacial score (nSPS) is 11.0. The number of aliphatic hydroxyl groups excluding tert-OH is 1. The highest BCUT2D eigenvalue weighted by Crippen LogP contribution is 2.19. The molecule has 0 radical (unpaired) electrons. The summed E-state index contributed by atoms with van der Waals surface area (Å²) in [5.41, 5.74) is 2.17. The van der Waals surface area contributed by atoms with Crippen molar-refractivity contribution in [1.82, 2.24) is 0 Å². The molecule has 0 fully saturated rings. The lowest BCUT2D eigenvalue weighted by molar-refractivity contribution is -0.114. The summed E-state index contributed by atoms with van der Waals surface area (Å²) in [6, 6.07) is 11.6. The van der Waals surface area contributed by atoms with Crippen LogP contribution in [-0.4, -0.2) is 21.1 Å². The van der Waals surface area contributed by atoms with Crippen LogP contribution in [0.25, 0.3) is 6.08 Å². The van der Waals surface area contributed by atoms with Crippen molar-refractivity contribution in [3.8, 4) is 11.5 Å². The van der Waals surface area contributed by atoms with Crippen molar-refractivity contribution >= 4 is 11.9 Å². The third-order valence-corrected chi connectivity index (χ3v) is 3.33. The summed E-state index contributed by atoms with van der Waals surface area (Å²) in [4.78, 5) is 11.8. The van der Waals surface area contributed by atoms with Gasteiger partial charge in [0.15, 0.2) is 5.78 Å². The fourth-order valence-electron chi connectivity index (χ4n) is 2.02. The van der Waals surface area contributed by atoms with E-state index in [1.807, 2.05) is 0 Å². The van der Waals surface area contributed by atoms with Crippen LogP contribution in [0.1, 0.15) is 23.1 Å². The molecule has 0 aromatic heterocycles. The van der Waals surface area contributed by atoms with Gasteiger partial charge in [0.2, 0.25) is 0 Å². The number of phenolic OH excluding ortho intramolecular Hbond substituents is 1. The standard InChI is InChI=1S/C18H18O4/c19-12-15-6-1-14(11-18(15)22)5-10-17(21)9-4-13-2-7-16(20)8-3-13/h1-4,6-9,11,19-20,22H,5,10,12H2/b9-4+. The van der Waals surface area contributed by atoms with E-state index in [1.165, 1.54) is 6.08 Å². The Labute approximate surface area is 129 Å². The molecule has 0 saturated carbocycles. The molecule has 0 aliphatic carbocycles. The molecular weight excluding hydrogens is 280 g/mol. The number of allylic oxidation sites excluding steroid dienone is 1. The van der Waals surface area contributed by atoms with Crippen molar-refractivity contribution < 1.29 is 20.1 Å². The van der Waals surface area contributed by atoms with E-state index >= 15 is 0 Å². The average molecular weight is 298 g/mol. The molecule has 0 atom stereocenters. The number of benzene rings is 2. The van der Waals surface area contributed by atoms with Gasteiger partial charge >= 0.3 is 0 Å². The molecule has 0 aliphatic heterocycles.